The van der Waals surface area contributed by atoms with Crippen molar-refractivity contribution < 1.29 is 45.4 Å². The van der Waals surface area contributed by atoms with Crippen LogP contribution in [0, 0.1) is 28.9 Å². The molecule has 4 aliphatic heterocycles. The van der Waals surface area contributed by atoms with Crippen LogP contribution in [0.3, 0.4) is 0 Å². The van der Waals surface area contributed by atoms with Gasteiger partial charge in [-0.1, -0.05) is 6.07 Å². The number of nitrogens with two attached hydrogens (primary N) is 1. The molecule has 0 spiro atoms. The number of likely N-dealkylation sites (tertiary alicyclic amines) is 2. The van der Waals surface area contributed by atoms with Crippen LogP contribution < -0.4 is 15.4 Å². The second-order valence-corrected chi connectivity index (χ2v) is 16.5. The lowest BCUT2D eigenvalue weighted by atomic mass is 9.92. The van der Waals surface area contributed by atoms with Gasteiger partial charge in [0.15, 0.2) is 5.82 Å². The third-order valence-corrected chi connectivity index (χ3v) is 13.0. The molecule has 58 heavy (non-hydrogen) atoms. The van der Waals surface area contributed by atoms with E-state index in [1.54, 1.807) is 16.7 Å². The number of carbonyl (C=O) groups is 2. The number of anilines is 2. The average Bonchev–Trinajstić information content (AvgIpc) is 3.93. The second kappa shape index (κ2) is 14.9. The Kier molecular flexibility index (Phi) is 10.2. The third-order valence-electron chi connectivity index (χ3n) is 11.9. The summed E-state index contributed by atoms with van der Waals surface area (Å²) in [5.41, 5.74) is 1.76. The normalized spacial score (nSPS) is 22.4. The number of carbonyl (C=O) groups excluding carboxylic acids is 2. The van der Waals surface area contributed by atoms with Crippen molar-refractivity contribution in [1.29, 1.82) is 5.26 Å². The molecule has 12 nitrogen and oxygen atoms in total. The number of likely N-dealkylation sites (N-methyl/N-ethyl adjacent to an activating group) is 1. The summed E-state index contributed by atoms with van der Waals surface area (Å²) in [6, 6.07) is 3.62. The topological polar surface area (TPSA) is 141 Å². The highest BCUT2D eigenvalue weighted by Gasteiger charge is 2.49. The largest absolute Gasteiger partial charge is 0.461 e. The van der Waals surface area contributed by atoms with Crippen molar-refractivity contribution in [3.8, 4) is 23.2 Å². The summed E-state index contributed by atoms with van der Waals surface area (Å²) < 4.78 is 104. The lowest BCUT2D eigenvalue weighted by molar-refractivity contribution is -0.137. The maximum Gasteiger partial charge on any atom is 0.417 e. The highest BCUT2D eigenvalue weighted by molar-refractivity contribution is 7.23. The molecule has 8 rings (SSSR count). The van der Waals surface area contributed by atoms with E-state index in [9.17, 15) is 19.2 Å². The lowest BCUT2D eigenvalue weighted by Gasteiger charge is -2.38. The molecule has 3 unspecified atom stereocenters. The van der Waals surface area contributed by atoms with Gasteiger partial charge in [-0.3, -0.25) is 9.69 Å². The number of alkyl halides is 4. The second-order valence-electron chi connectivity index (χ2n) is 15.5. The molecular weight excluding hydrogens is 791 g/mol. The zero-order chi connectivity index (χ0) is 41.3. The Morgan fingerprint density at radius 1 is 1.14 bits per heavy atom. The first-order chi connectivity index (χ1) is 27.6. The average molecular weight is 831 g/mol. The van der Waals surface area contributed by atoms with Gasteiger partial charge in [0.1, 0.15) is 41.0 Å². The molecular formula is C39H40F6N8O4S. The number of aromatic nitrogens is 2. The molecule has 0 bridgehead atoms. The molecule has 308 valence electrons. The lowest BCUT2D eigenvalue weighted by Crippen LogP contribution is -2.51. The van der Waals surface area contributed by atoms with Crippen molar-refractivity contribution in [1.82, 2.24) is 24.7 Å². The Morgan fingerprint density at radius 2 is 1.91 bits per heavy atom. The third kappa shape index (κ3) is 6.87. The van der Waals surface area contributed by atoms with Gasteiger partial charge in [0.2, 0.25) is 5.91 Å². The Bertz CT molecular complexity index is 2350. The predicted octanol–water partition coefficient (Wildman–Crippen LogP) is 6.73. The van der Waals surface area contributed by atoms with E-state index in [-0.39, 0.29) is 95.5 Å². The van der Waals surface area contributed by atoms with E-state index in [4.69, 9.17) is 15.2 Å². The van der Waals surface area contributed by atoms with E-state index >= 15 is 22.0 Å². The number of rotatable bonds is 9. The summed E-state index contributed by atoms with van der Waals surface area (Å²) in [5.74, 6) is -2.37. The van der Waals surface area contributed by atoms with Crippen molar-refractivity contribution in [2.45, 2.75) is 63.5 Å². The maximum atomic E-state index is 17.3. The number of thiophene rings is 1. The molecule has 2 N–H and O–H groups in total. The number of amides is 2. The fourth-order valence-electron chi connectivity index (χ4n) is 9.07. The molecule has 4 saturated heterocycles. The van der Waals surface area contributed by atoms with Crippen LogP contribution in [0.5, 0.6) is 6.01 Å². The van der Waals surface area contributed by atoms with E-state index in [0.29, 0.717) is 43.8 Å². The number of nitrogens with zero attached hydrogens (tertiary/aromatic N) is 7. The molecule has 4 aliphatic rings. The minimum atomic E-state index is -5.16. The number of hydrogen-bond acceptors (Lipinski definition) is 11. The van der Waals surface area contributed by atoms with Gasteiger partial charge in [0.05, 0.1) is 28.0 Å². The zero-order valence-corrected chi connectivity index (χ0v) is 32.5. The zero-order valence-electron chi connectivity index (χ0n) is 31.7. The highest BCUT2D eigenvalue weighted by Crippen LogP contribution is 2.48. The van der Waals surface area contributed by atoms with Crippen molar-refractivity contribution in [3.63, 3.8) is 0 Å². The van der Waals surface area contributed by atoms with Crippen molar-refractivity contribution in [3.05, 3.63) is 41.0 Å². The minimum absolute atomic E-state index is 0.0114. The van der Waals surface area contributed by atoms with Crippen LogP contribution >= 0.6 is 11.3 Å². The first kappa shape index (κ1) is 39.7. The van der Waals surface area contributed by atoms with Crippen molar-refractivity contribution in [2.75, 3.05) is 69.7 Å². The minimum Gasteiger partial charge on any atom is -0.461 e. The fraction of sp³-hybridized carbons (Fsp3) is 0.513. The van der Waals surface area contributed by atoms with Gasteiger partial charge >= 0.3 is 18.3 Å². The molecule has 2 aromatic heterocycles. The van der Waals surface area contributed by atoms with Crippen LogP contribution in [0.25, 0.3) is 32.1 Å². The molecule has 3 atom stereocenters. The summed E-state index contributed by atoms with van der Waals surface area (Å²) in [5, 5.41) is 9.21. The molecule has 0 saturated carbocycles. The summed E-state index contributed by atoms with van der Waals surface area (Å²) in [6.45, 7) is 5.70. The van der Waals surface area contributed by atoms with Gasteiger partial charge in [-0.05, 0) is 50.4 Å². The molecule has 2 amide bonds. The monoisotopic (exact) mass is 830 g/mol. The van der Waals surface area contributed by atoms with Gasteiger partial charge in [-0.15, -0.1) is 11.3 Å². The van der Waals surface area contributed by atoms with Crippen LogP contribution in [-0.4, -0.2) is 113 Å². The smallest absolute Gasteiger partial charge is 0.417 e. The van der Waals surface area contributed by atoms with Crippen molar-refractivity contribution in [2.24, 2.45) is 5.92 Å². The number of nitriles is 1. The number of hydrogen-bond donors (Lipinski definition) is 1. The number of benzene rings is 2. The van der Waals surface area contributed by atoms with Gasteiger partial charge in [-0.25, -0.2) is 18.0 Å². The van der Waals surface area contributed by atoms with E-state index < -0.39 is 63.9 Å². The SMILES string of the molecule is CCN(c1nc(OCC23CCCN2CC(F)C3)nc2c(F)c(-c3ccc(F)c4sc(N)c(C#N)c34)c(C(F)(F)F)cc12)C1CCN(C(=O)OCC2CN(C(C)=O)C2)C1. The molecule has 4 aromatic rings. The Labute approximate surface area is 333 Å². The number of ether oxygens (including phenoxy) is 2. The molecule has 4 fully saturated rings. The first-order valence-corrected chi connectivity index (χ1v) is 19.9. The van der Waals surface area contributed by atoms with E-state index in [2.05, 4.69) is 9.97 Å². The summed E-state index contributed by atoms with van der Waals surface area (Å²) in [7, 11) is 0. The van der Waals surface area contributed by atoms with E-state index in [1.165, 1.54) is 11.8 Å². The first-order valence-electron chi connectivity index (χ1n) is 19.1. The van der Waals surface area contributed by atoms with Gasteiger partial charge in [-0.2, -0.15) is 28.4 Å². The summed E-state index contributed by atoms with van der Waals surface area (Å²) in [4.78, 5) is 40.4. The Hall–Kier alpha value is -5.09. The van der Waals surface area contributed by atoms with Crippen LogP contribution in [-0.2, 0) is 15.7 Å². The van der Waals surface area contributed by atoms with Crippen molar-refractivity contribution >= 4 is 55.1 Å². The molecule has 19 heteroatoms. The Morgan fingerprint density at radius 3 is 2.62 bits per heavy atom. The van der Waals surface area contributed by atoms with Crippen LogP contribution in [0.1, 0.15) is 50.7 Å². The van der Waals surface area contributed by atoms with Crippen LogP contribution in [0.15, 0.2) is 18.2 Å². The standard InChI is InChI=1S/C39H40F6N8O4S/c1-3-53(23-7-10-50(17-23)37(55)56-18-21-14-51(15-21)20(2)54)35-25-11-27(39(43,44)45)30(24-5-6-28(41)33-29(24)26(13-46)34(47)58-33)31(42)32(25)48-36(49-35)57-19-38-8-4-9-52(38)16-22(40)12-38/h5-6,11,21-23H,3-4,7-10,12,14-19,47H2,1-2H3. The molecule has 0 aliphatic carbocycles. The highest BCUT2D eigenvalue weighted by atomic mass is 32.1. The van der Waals surface area contributed by atoms with Gasteiger partial charge in [0.25, 0.3) is 0 Å². The number of fused-ring (bicyclic) bond motifs is 3. The van der Waals surface area contributed by atoms with E-state index in [1.807, 2.05) is 11.0 Å². The molecule has 6 heterocycles. The van der Waals surface area contributed by atoms with Crippen LogP contribution in [0.4, 0.5) is 42.0 Å². The number of nitrogen functional groups attached to an aromatic ring is 1. The molecule has 2 aromatic carbocycles. The quantitative estimate of drug-likeness (QED) is 0.181. The van der Waals surface area contributed by atoms with Crippen LogP contribution in [0.2, 0.25) is 0 Å². The fourth-order valence-corrected chi connectivity index (χ4v) is 10.0. The number of halogens is 6. The molecule has 0 radical (unpaired) electrons. The van der Waals surface area contributed by atoms with Gasteiger partial charge in [0, 0.05) is 80.9 Å². The predicted molar refractivity (Wildman–Crippen MR) is 203 cm³/mol. The summed E-state index contributed by atoms with van der Waals surface area (Å²) >= 11 is 0.667. The van der Waals surface area contributed by atoms with E-state index in [0.717, 1.165) is 24.6 Å². The Balaban J connectivity index is 1.21. The van der Waals surface area contributed by atoms with Gasteiger partial charge < -0.3 is 29.9 Å². The summed E-state index contributed by atoms with van der Waals surface area (Å²) in [6.07, 6.45) is -4.79. The maximum absolute atomic E-state index is 17.3.